The summed E-state index contributed by atoms with van der Waals surface area (Å²) in [5.41, 5.74) is 1.32. The molecule has 7 nitrogen and oxygen atoms in total. The van der Waals surface area contributed by atoms with E-state index in [0.29, 0.717) is 37.7 Å². The van der Waals surface area contributed by atoms with Crippen LogP contribution in [0.15, 0.2) is 41.6 Å². The molecule has 1 saturated carbocycles. The standard InChI is InChI=1S/C24H34N4O3S/c1-18-25-23(17-27(18)2)32(30,31)28-14-12-20(13-15-28)24(29)26-22-11-7-6-10-21(22)16-19-8-4-3-5-9-19/h3-5,8-9,17,20-22H,6-7,10-16H2,1-2H3,(H,26,29). The van der Waals surface area contributed by atoms with Gasteiger partial charge in [0.25, 0.3) is 10.0 Å². The molecule has 174 valence electrons. The Morgan fingerprint density at radius 1 is 1.09 bits per heavy atom. The number of piperidine rings is 1. The van der Waals surface area contributed by atoms with E-state index in [1.54, 1.807) is 24.7 Å². The lowest BCUT2D eigenvalue weighted by molar-refractivity contribution is -0.127. The molecule has 2 unspecified atom stereocenters. The van der Waals surface area contributed by atoms with Crippen molar-refractivity contribution in [3.8, 4) is 0 Å². The van der Waals surface area contributed by atoms with Crippen molar-refractivity contribution in [3.63, 3.8) is 0 Å². The average molecular weight is 459 g/mol. The third-order valence-corrected chi connectivity index (χ3v) is 8.86. The number of hydrogen-bond donors (Lipinski definition) is 1. The first kappa shape index (κ1) is 23.0. The van der Waals surface area contributed by atoms with Crippen LogP contribution in [0.1, 0.15) is 49.9 Å². The summed E-state index contributed by atoms with van der Waals surface area (Å²) >= 11 is 0. The highest BCUT2D eigenvalue weighted by molar-refractivity contribution is 7.89. The SMILES string of the molecule is Cc1nc(S(=O)(=O)N2CCC(C(=O)NC3CCCCC3Cc3ccccc3)CC2)cn1C. The van der Waals surface area contributed by atoms with Crippen LogP contribution in [-0.2, 0) is 28.3 Å². The van der Waals surface area contributed by atoms with Gasteiger partial charge in [0.1, 0.15) is 5.82 Å². The van der Waals surface area contributed by atoms with Gasteiger partial charge in [0, 0.05) is 38.3 Å². The molecule has 1 aromatic carbocycles. The molecule has 1 aromatic heterocycles. The topological polar surface area (TPSA) is 84.3 Å². The minimum absolute atomic E-state index is 0.0840. The zero-order valence-corrected chi connectivity index (χ0v) is 19.9. The number of nitrogens with zero attached hydrogens (tertiary/aromatic N) is 3. The van der Waals surface area contributed by atoms with Crippen LogP contribution in [0.2, 0.25) is 0 Å². The summed E-state index contributed by atoms with van der Waals surface area (Å²) in [5.74, 6) is 1.07. The number of carbonyl (C=O) groups excluding carboxylic acids is 1. The molecule has 8 heteroatoms. The van der Waals surface area contributed by atoms with Crippen molar-refractivity contribution in [2.24, 2.45) is 18.9 Å². The summed E-state index contributed by atoms with van der Waals surface area (Å²) in [6.07, 6.45) is 8.17. The van der Waals surface area contributed by atoms with Gasteiger partial charge in [-0.05, 0) is 50.5 Å². The Bertz CT molecular complexity index is 1010. The van der Waals surface area contributed by atoms with E-state index < -0.39 is 10.0 Å². The number of hydrogen-bond acceptors (Lipinski definition) is 4. The van der Waals surface area contributed by atoms with Crippen LogP contribution in [0.25, 0.3) is 0 Å². The van der Waals surface area contributed by atoms with E-state index in [4.69, 9.17) is 0 Å². The normalized spacial score (nSPS) is 23.2. The van der Waals surface area contributed by atoms with Gasteiger partial charge in [-0.2, -0.15) is 4.31 Å². The molecular formula is C24H34N4O3S. The molecule has 1 amide bonds. The molecule has 1 N–H and O–H groups in total. The molecule has 2 fully saturated rings. The summed E-state index contributed by atoms with van der Waals surface area (Å²) in [6.45, 7) is 2.49. The second-order valence-corrected chi connectivity index (χ2v) is 11.1. The first-order valence-corrected chi connectivity index (χ1v) is 13.1. The van der Waals surface area contributed by atoms with Crippen molar-refractivity contribution in [2.45, 2.75) is 62.9 Å². The van der Waals surface area contributed by atoms with Gasteiger partial charge in [0.05, 0.1) is 0 Å². The van der Waals surface area contributed by atoms with Gasteiger partial charge in [0.15, 0.2) is 5.03 Å². The van der Waals surface area contributed by atoms with E-state index in [9.17, 15) is 13.2 Å². The van der Waals surface area contributed by atoms with Gasteiger partial charge < -0.3 is 9.88 Å². The fourth-order valence-corrected chi connectivity index (χ4v) is 6.50. The predicted octanol–water partition coefficient (Wildman–Crippen LogP) is 3.05. The number of sulfonamides is 1. The summed E-state index contributed by atoms with van der Waals surface area (Å²) in [6, 6.07) is 10.7. The fourth-order valence-electron chi connectivity index (χ4n) is 5.00. The number of amides is 1. The number of carbonyl (C=O) groups is 1. The quantitative estimate of drug-likeness (QED) is 0.721. The monoisotopic (exact) mass is 458 g/mol. The van der Waals surface area contributed by atoms with Crippen molar-refractivity contribution in [3.05, 3.63) is 47.9 Å². The van der Waals surface area contributed by atoms with E-state index in [1.165, 1.54) is 16.3 Å². The number of aryl methyl sites for hydroxylation is 2. The van der Waals surface area contributed by atoms with Crippen LogP contribution in [0, 0.1) is 18.8 Å². The summed E-state index contributed by atoms with van der Waals surface area (Å²) in [4.78, 5) is 17.2. The Morgan fingerprint density at radius 2 is 1.78 bits per heavy atom. The summed E-state index contributed by atoms with van der Waals surface area (Å²) in [7, 11) is -1.83. The number of imidazole rings is 1. The molecular weight excluding hydrogens is 424 g/mol. The molecule has 1 saturated heterocycles. The number of benzene rings is 1. The highest BCUT2D eigenvalue weighted by atomic mass is 32.2. The molecule has 2 atom stereocenters. The van der Waals surface area contributed by atoms with Crippen molar-refractivity contribution in [2.75, 3.05) is 13.1 Å². The maximum absolute atomic E-state index is 13.0. The van der Waals surface area contributed by atoms with Crippen LogP contribution < -0.4 is 5.32 Å². The van der Waals surface area contributed by atoms with Crippen LogP contribution >= 0.6 is 0 Å². The minimum atomic E-state index is -3.61. The van der Waals surface area contributed by atoms with Crippen LogP contribution in [0.3, 0.4) is 0 Å². The van der Waals surface area contributed by atoms with Gasteiger partial charge in [-0.25, -0.2) is 13.4 Å². The Labute approximate surface area is 191 Å². The molecule has 1 aliphatic heterocycles. The van der Waals surface area contributed by atoms with E-state index in [-0.39, 0.29) is 22.9 Å². The highest BCUT2D eigenvalue weighted by Gasteiger charge is 2.35. The Morgan fingerprint density at radius 3 is 2.44 bits per heavy atom. The maximum Gasteiger partial charge on any atom is 0.262 e. The lowest BCUT2D eigenvalue weighted by Crippen LogP contribution is -2.48. The van der Waals surface area contributed by atoms with Crippen LogP contribution in [-0.4, -0.2) is 47.3 Å². The molecule has 2 aromatic rings. The smallest absolute Gasteiger partial charge is 0.262 e. The molecule has 1 aliphatic carbocycles. The Kier molecular flexibility index (Phi) is 7.00. The largest absolute Gasteiger partial charge is 0.353 e. The summed E-state index contributed by atoms with van der Waals surface area (Å²) in [5, 5.41) is 3.42. The Balaban J connectivity index is 1.33. The lowest BCUT2D eigenvalue weighted by atomic mass is 9.80. The lowest BCUT2D eigenvalue weighted by Gasteiger charge is -2.35. The molecule has 2 heterocycles. The fraction of sp³-hybridized carbons (Fsp3) is 0.583. The molecule has 0 radical (unpaired) electrons. The zero-order valence-electron chi connectivity index (χ0n) is 19.0. The number of nitrogens with one attached hydrogen (secondary N) is 1. The second kappa shape index (κ2) is 9.75. The van der Waals surface area contributed by atoms with Crippen LogP contribution in [0.4, 0.5) is 0 Å². The summed E-state index contributed by atoms with van der Waals surface area (Å²) < 4.78 is 29.0. The number of rotatable bonds is 6. The Hall–Kier alpha value is -2.19. The first-order valence-electron chi connectivity index (χ1n) is 11.7. The molecule has 0 spiro atoms. The third-order valence-electron chi connectivity index (χ3n) is 7.09. The maximum atomic E-state index is 13.0. The molecule has 4 rings (SSSR count). The van der Waals surface area contributed by atoms with E-state index in [2.05, 4.69) is 34.6 Å². The third kappa shape index (κ3) is 5.07. The first-order chi connectivity index (χ1) is 15.3. The molecule has 0 bridgehead atoms. The van der Waals surface area contributed by atoms with Gasteiger partial charge in [-0.3, -0.25) is 4.79 Å². The zero-order chi connectivity index (χ0) is 22.7. The number of aromatic nitrogens is 2. The predicted molar refractivity (Wildman–Crippen MR) is 123 cm³/mol. The average Bonchev–Trinajstić information content (AvgIpc) is 3.15. The van der Waals surface area contributed by atoms with Gasteiger partial charge in [0.2, 0.25) is 5.91 Å². The van der Waals surface area contributed by atoms with Crippen LogP contribution in [0.5, 0.6) is 0 Å². The van der Waals surface area contributed by atoms with E-state index in [1.807, 2.05) is 6.07 Å². The van der Waals surface area contributed by atoms with E-state index in [0.717, 1.165) is 25.7 Å². The van der Waals surface area contributed by atoms with Crippen molar-refractivity contribution in [1.82, 2.24) is 19.2 Å². The van der Waals surface area contributed by atoms with E-state index >= 15 is 0 Å². The molecule has 32 heavy (non-hydrogen) atoms. The van der Waals surface area contributed by atoms with Gasteiger partial charge in [-0.15, -0.1) is 0 Å². The van der Waals surface area contributed by atoms with Crippen molar-refractivity contribution in [1.29, 1.82) is 0 Å². The van der Waals surface area contributed by atoms with Gasteiger partial charge in [-0.1, -0.05) is 43.2 Å². The van der Waals surface area contributed by atoms with Crippen molar-refractivity contribution >= 4 is 15.9 Å². The molecule has 2 aliphatic rings. The van der Waals surface area contributed by atoms with Gasteiger partial charge >= 0.3 is 0 Å². The minimum Gasteiger partial charge on any atom is -0.353 e. The van der Waals surface area contributed by atoms with Crippen molar-refractivity contribution < 1.29 is 13.2 Å². The highest BCUT2D eigenvalue weighted by Crippen LogP contribution is 2.29. The second-order valence-electron chi connectivity index (χ2n) is 9.26.